The van der Waals surface area contributed by atoms with Gasteiger partial charge in [0.25, 0.3) is 0 Å². The second-order valence-electron chi connectivity index (χ2n) is 3.15. The summed E-state index contributed by atoms with van der Waals surface area (Å²) >= 11 is 2.56. The molecular formula is C10H7BrF4OS. The lowest BCUT2D eigenvalue weighted by Crippen LogP contribution is -2.07. The van der Waals surface area contributed by atoms with Crippen LogP contribution in [-0.4, -0.2) is 16.6 Å². The van der Waals surface area contributed by atoms with Crippen LogP contribution in [0.15, 0.2) is 23.1 Å². The van der Waals surface area contributed by atoms with Gasteiger partial charge in [0.05, 0.1) is 5.33 Å². The second kappa shape index (κ2) is 5.86. The van der Waals surface area contributed by atoms with Gasteiger partial charge in [0, 0.05) is 11.3 Å². The zero-order chi connectivity index (χ0) is 13.1. The number of carbonyl (C=O) groups excluding carboxylic acids is 1. The van der Waals surface area contributed by atoms with Crippen molar-refractivity contribution in [1.29, 1.82) is 0 Å². The van der Waals surface area contributed by atoms with E-state index in [0.29, 0.717) is 0 Å². The van der Waals surface area contributed by atoms with Gasteiger partial charge in [-0.2, -0.15) is 13.2 Å². The Hall–Kier alpha value is -0.560. The van der Waals surface area contributed by atoms with Crippen molar-refractivity contribution in [2.24, 2.45) is 0 Å². The number of carbonyl (C=O) groups is 1. The first-order valence-electron chi connectivity index (χ1n) is 4.43. The second-order valence-corrected chi connectivity index (χ2v) is 4.82. The molecule has 0 spiro atoms. The number of ketones is 1. The first kappa shape index (κ1) is 14.5. The molecule has 0 aliphatic rings. The minimum atomic E-state index is -4.45. The Bertz CT molecular complexity index is 419. The Morgan fingerprint density at radius 3 is 2.53 bits per heavy atom. The third-order valence-electron chi connectivity index (χ3n) is 1.78. The van der Waals surface area contributed by atoms with E-state index in [1.165, 1.54) is 0 Å². The van der Waals surface area contributed by atoms with Gasteiger partial charge in [-0.05, 0) is 35.5 Å². The van der Waals surface area contributed by atoms with E-state index in [1.807, 2.05) is 0 Å². The van der Waals surface area contributed by atoms with Crippen LogP contribution in [0.2, 0.25) is 0 Å². The van der Waals surface area contributed by atoms with Crippen molar-refractivity contribution < 1.29 is 22.4 Å². The quantitative estimate of drug-likeness (QED) is 0.472. The molecule has 0 radical (unpaired) electrons. The molecule has 0 bridgehead atoms. The van der Waals surface area contributed by atoms with Crippen molar-refractivity contribution in [3.63, 3.8) is 0 Å². The fourth-order valence-corrected chi connectivity index (χ4v) is 2.02. The van der Waals surface area contributed by atoms with Crippen LogP contribution < -0.4 is 0 Å². The Morgan fingerprint density at radius 1 is 1.35 bits per heavy atom. The van der Waals surface area contributed by atoms with Gasteiger partial charge in [0.2, 0.25) is 0 Å². The summed E-state index contributed by atoms with van der Waals surface area (Å²) in [5.41, 5.74) is -4.40. The number of Topliss-reactive ketones (excluding diaryl/α,β-unsaturated/α-hetero) is 1. The zero-order valence-electron chi connectivity index (χ0n) is 8.35. The Balaban J connectivity index is 2.99. The number of hydrogen-bond donors (Lipinski definition) is 0. The van der Waals surface area contributed by atoms with Gasteiger partial charge in [-0.15, -0.1) is 0 Å². The van der Waals surface area contributed by atoms with E-state index in [-0.39, 0.29) is 39.8 Å². The SMILES string of the molecule is O=C(CBr)Cc1cc(F)ccc1SC(F)(F)F. The minimum Gasteiger partial charge on any atom is -0.298 e. The first-order valence-corrected chi connectivity index (χ1v) is 6.37. The summed E-state index contributed by atoms with van der Waals surface area (Å²) in [6.45, 7) is 0. The van der Waals surface area contributed by atoms with Crippen LogP contribution in [0.5, 0.6) is 0 Å². The molecule has 0 aromatic heterocycles. The average Bonchev–Trinajstić information content (AvgIpc) is 2.20. The molecule has 0 heterocycles. The van der Waals surface area contributed by atoms with E-state index in [9.17, 15) is 22.4 Å². The molecule has 0 amide bonds. The van der Waals surface area contributed by atoms with Gasteiger partial charge in [-0.25, -0.2) is 4.39 Å². The highest BCUT2D eigenvalue weighted by Gasteiger charge is 2.30. The lowest BCUT2D eigenvalue weighted by molar-refractivity contribution is -0.115. The maximum Gasteiger partial charge on any atom is 0.446 e. The van der Waals surface area contributed by atoms with Crippen LogP contribution in [0.3, 0.4) is 0 Å². The maximum absolute atomic E-state index is 12.9. The summed E-state index contributed by atoms with van der Waals surface area (Å²) in [6.07, 6.45) is -0.221. The Morgan fingerprint density at radius 2 is 2.00 bits per heavy atom. The van der Waals surface area contributed by atoms with Gasteiger partial charge < -0.3 is 0 Å². The van der Waals surface area contributed by atoms with Crippen LogP contribution in [0.25, 0.3) is 0 Å². The topological polar surface area (TPSA) is 17.1 Å². The fraction of sp³-hybridized carbons (Fsp3) is 0.300. The van der Waals surface area contributed by atoms with Crippen molar-refractivity contribution in [3.8, 4) is 0 Å². The summed E-state index contributed by atoms with van der Waals surface area (Å²) in [6, 6.07) is 2.93. The molecule has 1 nitrogen and oxygen atoms in total. The van der Waals surface area contributed by atoms with E-state index in [4.69, 9.17) is 0 Å². The van der Waals surface area contributed by atoms with Gasteiger partial charge in [0.15, 0.2) is 0 Å². The van der Waals surface area contributed by atoms with Crippen LogP contribution in [0.4, 0.5) is 17.6 Å². The van der Waals surface area contributed by atoms with Gasteiger partial charge in [0.1, 0.15) is 11.6 Å². The van der Waals surface area contributed by atoms with Gasteiger partial charge >= 0.3 is 5.51 Å². The normalized spacial score (nSPS) is 11.6. The van der Waals surface area contributed by atoms with E-state index < -0.39 is 11.3 Å². The molecule has 1 aromatic carbocycles. The largest absolute Gasteiger partial charge is 0.446 e. The molecule has 0 saturated carbocycles. The molecule has 0 fully saturated rings. The van der Waals surface area contributed by atoms with Crippen molar-refractivity contribution in [2.75, 3.05) is 5.33 Å². The third kappa shape index (κ3) is 5.08. The highest BCUT2D eigenvalue weighted by atomic mass is 79.9. The molecule has 0 atom stereocenters. The van der Waals surface area contributed by atoms with Gasteiger partial charge in [-0.1, -0.05) is 15.9 Å². The predicted molar refractivity (Wildman–Crippen MR) is 60.8 cm³/mol. The van der Waals surface area contributed by atoms with Crippen molar-refractivity contribution >= 4 is 33.5 Å². The molecule has 7 heteroatoms. The summed E-state index contributed by atoms with van der Waals surface area (Å²) < 4.78 is 49.6. The highest BCUT2D eigenvalue weighted by Crippen LogP contribution is 2.38. The molecule has 17 heavy (non-hydrogen) atoms. The molecule has 1 aromatic rings. The maximum atomic E-state index is 12.9. The molecule has 0 aliphatic heterocycles. The first-order chi connectivity index (χ1) is 7.81. The lowest BCUT2D eigenvalue weighted by atomic mass is 10.1. The number of halogens is 5. The fourth-order valence-electron chi connectivity index (χ4n) is 1.17. The number of benzene rings is 1. The van der Waals surface area contributed by atoms with Crippen molar-refractivity contribution in [1.82, 2.24) is 0 Å². The number of alkyl halides is 4. The lowest BCUT2D eigenvalue weighted by Gasteiger charge is -2.10. The number of rotatable bonds is 4. The van der Waals surface area contributed by atoms with Crippen LogP contribution >= 0.6 is 27.7 Å². The summed E-state index contributed by atoms with van der Waals surface area (Å²) in [5.74, 6) is -0.964. The molecule has 0 unspecified atom stereocenters. The predicted octanol–water partition coefficient (Wildman–Crippen LogP) is 3.94. The Labute approximate surface area is 108 Å². The van der Waals surface area contributed by atoms with E-state index >= 15 is 0 Å². The summed E-state index contributed by atoms with van der Waals surface area (Å²) in [5, 5.41) is 0.0274. The van der Waals surface area contributed by atoms with E-state index in [0.717, 1.165) is 18.2 Å². The van der Waals surface area contributed by atoms with E-state index in [1.54, 1.807) is 0 Å². The third-order valence-corrected chi connectivity index (χ3v) is 3.26. The van der Waals surface area contributed by atoms with Crippen LogP contribution in [-0.2, 0) is 11.2 Å². The van der Waals surface area contributed by atoms with E-state index in [2.05, 4.69) is 15.9 Å². The molecule has 94 valence electrons. The van der Waals surface area contributed by atoms with Crippen LogP contribution in [0.1, 0.15) is 5.56 Å². The number of thioether (sulfide) groups is 1. The summed E-state index contributed by atoms with van der Waals surface area (Å²) in [4.78, 5) is 11.0. The van der Waals surface area contributed by atoms with Gasteiger partial charge in [-0.3, -0.25) is 4.79 Å². The molecule has 0 aliphatic carbocycles. The molecule has 0 N–H and O–H groups in total. The number of hydrogen-bond acceptors (Lipinski definition) is 2. The molecular weight excluding hydrogens is 324 g/mol. The molecule has 0 saturated heterocycles. The van der Waals surface area contributed by atoms with Crippen LogP contribution in [0, 0.1) is 5.82 Å². The highest BCUT2D eigenvalue weighted by molar-refractivity contribution is 9.09. The monoisotopic (exact) mass is 330 g/mol. The summed E-state index contributed by atoms with van der Waals surface area (Å²) in [7, 11) is 0. The molecule has 1 rings (SSSR count). The standard InChI is InChI=1S/C10H7BrF4OS/c11-5-8(16)4-6-3-7(12)1-2-9(6)17-10(13,14)15/h1-3H,4-5H2. The minimum absolute atomic E-state index is 0.0274. The zero-order valence-corrected chi connectivity index (χ0v) is 10.8. The van der Waals surface area contributed by atoms with Crippen molar-refractivity contribution in [3.05, 3.63) is 29.6 Å². The van der Waals surface area contributed by atoms with Crippen molar-refractivity contribution in [2.45, 2.75) is 16.8 Å². The Kier molecular flexibility index (Phi) is 5.00. The average molecular weight is 331 g/mol. The smallest absolute Gasteiger partial charge is 0.298 e.